The van der Waals surface area contributed by atoms with Crippen molar-refractivity contribution in [1.29, 1.82) is 0 Å². The number of carbonyl (C=O) groups is 2. The molecule has 0 spiro atoms. The van der Waals surface area contributed by atoms with Crippen molar-refractivity contribution in [3.05, 3.63) is 0 Å². The van der Waals surface area contributed by atoms with Gasteiger partial charge in [0.15, 0.2) is 11.7 Å². The van der Waals surface area contributed by atoms with Gasteiger partial charge >= 0.3 is 5.97 Å². The lowest BCUT2D eigenvalue weighted by atomic mass is 9.96. The minimum absolute atomic E-state index is 0.252. The maximum Gasteiger partial charge on any atom is 0.339 e. The third-order valence-corrected chi connectivity index (χ3v) is 2.39. The molecule has 2 unspecified atom stereocenters. The summed E-state index contributed by atoms with van der Waals surface area (Å²) in [5.41, 5.74) is -2.31. The van der Waals surface area contributed by atoms with Gasteiger partial charge in [-0.2, -0.15) is 0 Å². The molecule has 1 amide bonds. The van der Waals surface area contributed by atoms with Gasteiger partial charge in [0.05, 0.1) is 6.61 Å². The molecule has 0 aromatic heterocycles. The van der Waals surface area contributed by atoms with Crippen LogP contribution in [-0.2, 0) is 19.1 Å². The first-order valence-corrected chi connectivity index (χ1v) is 5.50. The molecule has 0 saturated carbocycles. The van der Waals surface area contributed by atoms with Gasteiger partial charge in [-0.15, -0.1) is 0 Å². The Balaban J connectivity index is 2.77. The van der Waals surface area contributed by atoms with Crippen LogP contribution in [0.4, 0.5) is 0 Å². The van der Waals surface area contributed by atoms with E-state index in [4.69, 9.17) is 9.47 Å². The van der Waals surface area contributed by atoms with Crippen LogP contribution in [0, 0.1) is 0 Å². The number of aliphatic hydroxyl groups is 1. The Morgan fingerprint density at radius 2 is 2.18 bits per heavy atom. The molecule has 1 aliphatic heterocycles. The molecule has 1 fully saturated rings. The molecule has 6 nitrogen and oxygen atoms in total. The van der Waals surface area contributed by atoms with Crippen molar-refractivity contribution in [1.82, 2.24) is 5.32 Å². The molecule has 2 N–H and O–H groups in total. The Morgan fingerprint density at radius 1 is 1.59 bits per heavy atom. The average molecular weight is 245 g/mol. The van der Waals surface area contributed by atoms with Crippen LogP contribution in [0.5, 0.6) is 0 Å². The van der Waals surface area contributed by atoms with Crippen molar-refractivity contribution in [3.63, 3.8) is 0 Å². The zero-order valence-electron chi connectivity index (χ0n) is 10.6. The molecule has 98 valence electrons. The Labute approximate surface area is 100 Å². The molecule has 2 atom stereocenters. The fourth-order valence-electron chi connectivity index (χ4n) is 1.45. The minimum atomic E-state index is -1.64. The second-order valence-electron chi connectivity index (χ2n) is 5.15. The van der Waals surface area contributed by atoms with E-state index in [2.05, 4.69) is 5.32 Å². The van der Waals surface area contributed by atoms with Gasteiger partial charge in [0.2, 0.25) is 0 Å². The van der Waals surface area contributed by atoms with E-state index < -0.39 is 29.2 Å². The lowest BCUT2D eigenvalue weighted by molar-refractivity contribution is -0.193. The first-order chi connectivity index (χ1) is 7.67. The lowest BCUT2D eigenvalue weighted by Crippen LogP contribution is -2.62. The molecular weight excluding hydrogens is 226 g/mol. The number of esters is 1. The molecular formula is C11H19NO5. The summed E-state index contributed by atoms with van der Waals surface area (Å²) in [7, 11) is 0. The Hall–Kier alpha value is -1.14. The van der Waals surface area contributed by atoms with Crippen LogP contribution in [-0.4, -0.2) is 47.4 Å². The maximum atomic E-state index is 11.7. The quantitative estimate of drug-likeness (QED) is 0.646. The number of hydrogen-bond donors (Lipinski definition) is 2. The number of aliphatic hydroxyl groups excluding tert-OH is 1. The highest BCUT2D eigenvalue weighted by Crippen LogP contribution is 2.21. The summed E-state index contributed by atoms with van der Waals surface area (Å²) >= 11 is 0. The first-order valence-electron chi connectivity index (χ1n) is 5.50. The molecule has 0 aromatic rings. The summed E-state index contributed by atoms with van der Waals surface area (Å²) < 4.78 is 10.2. The zero-order chi connectivity index (χ0) is 13.3. The van der Waals surface area contributed by atoms with Crippen molar-refractivity contribution < 1.29 is 24.2 Å². The van der Waals surface area contributed by atoms with E-state index in [0.29, 0.717) is 6.54 Å². The molecule has 0 aliphatic carbocycles. The summed E-state index contributed by atoms with van der Waals surface area (Å²) in [4.78, 5) is 23.3. The summed E-state index contributed by atoms with van der Waals surface area (Å²) in [6.07, 6.45) is -1.64. The normalized spacial score (nSPS) is 27.2. The number of rotatable bonds is 2. The second-order valence-corrected chi connectivity index (χ2v) is 5.15. The van der Waals surface area contributed by atoms with Crippen molar-refractivity contribution in [2.45, 2.75) is 45.0 Å². The third kappa shape index (κ3) is 3.17. The standard InChI is InChI=1S/C11H19NO5/c1-10(2,3)17-8(14)7(13)11(4)9(15)12-5-6-16-11/h7,13H,5-6H2,1-4H3,(H,12,15). The Bertz CT molecular complexity index is 322. The van der Waals surface area contributed by atoms with Gasteiger partial charge in [0.1, 0.15) is 5.60 Å². The van der Waals surface area contributed by atoms with E-state index in [1.165, 1.54) is 6.92 Å². The highest BCUT2D eigenvalue weighted by atomic mass is 16.6. The highest BCUT2D eigenvalue weighted by Gasteiger charge is 2.48. The fourth-order valence-corrected chi connectivity index (χ4v) is 1.45. The van der Waals surface area contributed by atoms with Crippen molar-refractivity contribution in [2.24, 2.45) is 0 Å². The smallest absolute Gasteiger partial charge is 0.339 e. The van der Waals surface area contributed by atoms with Crippen LogP contribution in [0.15, 0.2) is 0 Å². The summed E-state index contributed by atoms with van der Waals surface area (Å²) in [5, 5.41) is 12.4. The van der Waals surface area contributed by atoms with E-state index in [1.807, 2.05) is 0 Å². The molecule has 6 heteroatoms. The van der Waals surface area contributed by atoms with Crippen LogP contribution in [0.2, 0.25) is 0 Å². The number of carbonyl (C=O) groups excluding carboxylic acids is 2. The topological polar surface area (TPSA) is 84.9 Å². The molecule has 1 aliphatic rings. The number of ether oxygens (including phenoxy) is 2. The molecule has 0 aromatic carbocycles. The first kappa shape index (κ1) is 13.9. The van der Waals surface area contributed by atoms with E-state index in [-0.39, 0.29) is 6.61 Å². The summed E-state index contributed by atoms with van der Waals surface area (Å²) in [5.74, 6) is -1.38. The van der Waals surface area contributed by atoms with E-state index in [0.717, 1.165) is 0 Å². The molecule has 0 radical (unpaired) electrons. The number of hydrogen-bond acceptors (Lipinski definition) is 5. The van der Waals surface area contributed by atoms with E-state index in [9.17, 15) is 14.7 Å². The van der Waals surface area contributed by atoms with Gasteiger partial charge in [-0.1, -0.05) is 0 Å². The van der Waals surface area contributed by atoms with Gasteiger partial charge < -0.3 is 19.9 Å². The largest absolute Gasteiger partial charge is 0.458 e. The molecule has 1 heterocycles. The zero-order valence-corrected chi connectivity index (χ0v) is 10.6. The molecule has 1 rings (SSSR count). The lowest BCUT2D eigenvalue weighted by Gasteiger charge is -2.36. The van der Waals surface area contributed by atoms with E-state index >= 15 is 0 Å². The summed E-state index contributed by atoms with van der Waals surface area (Å²) in [6, 6.07) is 0. The predicted molar refractivity (Wildman–Crippen MR) is 59.2 cm³/mol. The highest BCUT2D eigenvalue weighted by molar-refractivity contribution is 5.92. The van der Waals surface area contributed by atoms with E-state index in [1.54, 1.807) is 20.8 Å². The number of amides is 1. The van der Waals surface area contributed by atoms with Crippen molar-refractivity contribution in [2.75, 3.05) is 13.2 Å². The summed E-state index contributed by atoms with van der Waals surface area (Å²) in [6.45, 7) is 7.04. The van der Waals surface area contributed by atoms with Crippen LogP contribution in [0.3, 0.4) is 0 Å². The van der Waals surface area contributed by atoms with Crippen LogP contribution in [0.1, 0.15) is 27.7 Å². The molecule has 17 heavy (non-hydrogen) atoms. The molecule has 1 saturated heterocycles. The van der Waals surface area contributed by atoms with Crippen LogP contribution >= 0.6 is 0 Å². The predicted octanol–water partition coefficient (Wildman–Crippen LogP) is -0.406. The van der Waals surface area contributed by atoms with Crippen LogP contribution in [0.25, 0.3) is 0 Å². The van der Waals surface area contributed by atoms with Gasteiger partial charge in [0, 0.05) is 6.54 Å². The fraction of sp³-hybridized carbons (Fsp3) is 0.818. The maximum absolute atomic E-state index is 11.7. The van der Waals surface area contributed by atoms with Crippen molar-refractivity contribution in [3.8, 4) is 0 Å². The minimum Gasteiger partial charge on any atom is -0.458 e. The Kier molecular flexibility index (Phi) is 3.78. The molecule has 0 bridgehead atoms. The SMILES string of the molecule is CC(C)(C)OC(=O)C(O)C1(C)OCCNC1=O. The van der Waals surface area contributed by atoms with Gasteiger partial charge in [-0.3, -0.25) is 4.79 Å². The monoisotopic (exact) mass is 245 g/mol. The Morgan fingerprint density at radius 3 is 2.65 bits per heavy atom. The van der Waals surface area contributed by atoms with Gasteiger partial charge in [-0.05, 0) is 27.7 Å². The second kappa shape index (κ2) is 4.62. The number of nitrogens with one attached hydrogen (secondary N) is 1. The van der Waals surface area contributed by atoms with Gasteiger partial charge in [0.25, 0.3) is 5.91 Å². The average Bonchev–Trinajstić information content (AvgIpc) is 2.19. The van der Waals surface area contributed by atoms with Gasteiger partial charge in [-0.25, -0.2) is 4.79 Å². The third-order valence-electron chi connectivity index (χ3n) is 2.39. The van der Waals surface area contributed by atoms with Crippen molar-refractivity contribution >= 4 is 11.9 Å². The van der Waals surface area contributed by atoms with Crippen LogP contribution < -0.4 is 5.32 Å². The number of morpholine rings is 1.